The van der Waals surface area contributed by atoms with E-state index in [-0.39, 0.29) is 5.75 Å². The van der Waals surface area contributed by atoms with Crippen LogP contribution in [-0.2, 0) is 9.59 Å². The molecular weight excluding hydrogens is 296 g/mol. The van der Waals surface area contributed by atoms with E-state index in [1.807, 2.05) is 0 Å². The van der Waals surface area contributed by atoms with Gasteiger partial charge in [-0.1, -0.05) is 11.8 Å². The van der Waals surface area contributed by atoms with Crippen LogP contribution in [0.15, 0.2) is 17.3 Å². The highest BCUT2D eigenvalue weighted by molar-refractivity contribution is 7.99. The minimum atomic E-state index is -0.976. The molecule has 8 nitrogen and oxygen atoms in total. The molecule has 1 atom stereocenters. The number of fused-ring (bicyclic) bond motifs is 1. The minimum Gasteiger partial charge on any atom is -0.481 e. The normalized spacial score (nSPS) is 12.3. The molecule has 2 aromatic rings. The van der Waals surface area contributed by atoms with Gasteiger partial charge in [0.05, 0.1) is 12.9 Å². The molecule has 0 spiro atoms. The molecule has 2 aromatic heterocycles. The number of aromatic nitrogens is 3. The molecule has 2 rings (SSSR count). The molecule has 21 heavy (non-hydrogen) atoms. The molecule has 0 fully saturated rings. The van der Waals surface area contributed by atoms with Crippen molar-refractivity contribution >= 4 is 34.8 Å². The number of carboxylic acids is 1. The van der Waals surface area contributed by atoms with E-state index < -0.39 is 17.9 Å². The van der Waals surface area contributed by atoms with Gasteiger partial charge in [-0.3, -0.25) is 14.2 Å². The molecule has 3 N–H and O–H groups in total. The Bertz CT molecular complexity index is 700. The second-order valence-corrected chi connectivity index (χ2v) is 5.16. The topological polar surface area (TPSA) is 120 Å². The average molecular weight is 310 g/mol. The van der Waals surface area contributed by atoms with Crippen LogP contribution >= 0.6 is 11.8 Å². The molecule has 0 aliphatic rings. The van der Waals surface area contributed by atoms with Gasteiger partial charge in [0.1, 0.15) is 11.6 Å². The van der Waals surface area contributed by atoms with Crippen molar-refractivity contribution in [3.8, 4) is 5.88 Å². The van der Waals surface area contributed by atoms with E-state index in [1.54, 1.807) is 19.1 Å². The van der Waals surface area contributed by atoms with Crippen LogP contribution in [0, 0.1) is 0 Å². The fourth-order valence-corrected chi connectivity index (χ4v) is 2.55. The van der Waals surface area contributed by atoms with E-state index in [0.29, 0.717) is 22.2 Å². The van der Waals surface area contributed by atoms with Crippen molar-refractivity contribution in [2.45, 2.75) is 18.1 Å². The number of imidazole rings is 1. The van der Waals surface area contributed by atoms with Crippen molar-refractivity contribution in [3.05, 3.63) is 12.1 Å². The molecule has 0 saturated carbocycles. The Morgan fingerprint density at radius 3 is 2.76 bits per heavy atom. The lowest BCUT2D eigenvalue weighted by atomic mass is 10.3. The molecule has 0 saturated heterocycles. The van der Waals surface area contributed by atoms with Crippen LogP contribution in [0.2, 0.25) is 0 Å². The first-order valence-corrected chi connectivity index (χ1v) is 6.99. The predicted octanol–water partition coefficient (Wildman–Crippen LogP) is 0.663. The lowest BCUT2D eigenvalue weighted by molar-refractivity contribution is -0.133. The molecule has 2 heterocycles. The summed E-state index contributed by atoms with van der Waals surface area (Å²) in [6.07, 6.45) is 0. The second kappa shape index (κ2) is 6.00. The third-order valence-electron chi connectivity index (χ3n) is 2.81. The number of carbonyl (C=O) groups excluding carboxylic acids is 1. The van der Waals surface area contributed by atoms with Gasteiger partial charge in [0, 0.05) is 6.07 Å². The Labute approximate surface area is 124 Å². The van der Waals surface area contributed by atoms with E-state index in [4.69, 9.17) is 15.6 Å². The van der Waals surface area contributed by atoms with Gasteiger partial charge in [-0.05, 0) is 13.0 Å². The van der Waals surface area contributed by atoms with E-state index in [2.05, 4.69) is 9.97 Å². The lowest BCUT2D eigenvalue weighted by Gasteiger charge is -2.13. The van der Waals surface area contributed by atoms with Crippen LogP contribution in [0.5, 0.6) is 5.88 Å². The van der Waals surface area contributed by atoms with Crippen molar-refractivity contribution in [1.82, 2.24) is 14.5 Å². The van der Waals surface area contributed by atoms with Crippen LogP contribution in [-0.4, -0.2) is 44.4 Å². The first kappa shape index (κ1) is 15.1. The van der Waals surface area contributed by atoms with Gasteiger partial charge >= 0.3 is 5.97 Å². The highest BCUT2D eigenvalue weighted by Crippen LogP contribution is 2.28. The maximum Gasteiger partial charge on any atom is 0.313 e. The third kappa shape index (κ3) is 3.07. The summed E-state index contributed by atoms with van der Waals surface area (Å²) in [5, 5.41) is 9.16. The summed E-state index contributed by atoms with van der Waals surface area (Å²) in [5.74, 6) is -1.34. The number of carbonyl (C=O) groups is 2. The molecule has 9 heteroatoms. The summed E-state index contributed by atoms with van der Waals surface area (Å²) >= 11 is 1.00. The quantitative estimate of drug-likeness (QED) is 0.752. The largest absolute Gasteiger partial charge is 0.481 e. The van der Waals surface area contributed by atoms with Crippen LogP contribution < -0.4 is 10.5 Å². The van der Waals surface area contributed by atoms with Gasteiger partial charge in [-0.25, -0.2) is 4.98 Å². The van der Waals surface area contributed by atoms with Crippen molar-refractivity contribution in [3.63, 3.8) is 0 Å². The average Bonchev–Trinajstić information content (AvgIpc) is 2.81. The summed E-state index contributed by atoms with van der Waals surface area (Å²) in [4.78, 5) is 30.7. The van der Waals surface area contributed by atoms with Gasteiger partial charge in [-0.15, -0.1) is 0 Å². The number of nitrogens with zero attached hydrogens (tertiary/aromatic N) is 3. The van der Waals surface area contributed by atoms with E-state index in [9.17, 15) is 9.59 Å². The Hall–Kier alpha value is -2.29. The van der Waals surface area contributed by atoms with Crippen LogP contribution in [0.3, 0.4) is 0 Å². The van der Waals surface area contributed by atoms with Crippen LogP contribution in [0.25, 0.3) is 11.2 Å². The molecule has 1 unspecified atom stereocenters. The van der Waals surface area contributed by atoms with Gasteiger partial charge < -0.3 is 15.6 Å². The Kier molecular flexibility index (Phi) is 4.32. The number of amides is 1. The number of hydrogen-bond donors (Lipinski definition) is 2. The number of ether oxygens (including phenoxy) is 1. The molecule has 0 aliphatic heterocycles. The summed E-state index contributed by atoms with van der Waals surface area (Å²) < 4.78 is 6.58. The minimum absolute atomic E-state index is 0.175. The molecule has 0 radical (unpaired) electrons. The van der Waals surface area contributed by atoms with Crippen molar-refractivity contribution in [2.24, 2.45) is 5.73 Å². The zero-order valence-corrected chi connectivity index (χ0v) is 12.3. The molecule has 0 aromatic carbocycles. The number of aliphatic carboxylic acids is 1. The standard InChI is InChI=1S/C12H14N4O4S/c1-6(10(13)19)16-11-7(3-4-8(15-11)20-2)14-12(16)21-5-9(17)18/h3-4,6H,5H2,1-2H3,(H2,13,19)(H,17,18). The van der Waals surface area contributed by atoms with Crippen molar-refractivity contribution in [2.75, 3.05) is 12.9 Å². The zero-order chi connectivity index (χ0) is 15.6. The fraction of sp³-hybridized carbons (Fsp3) is 0.333. The third-order valence-corrected chi connectivity index (χ3v) is 3.75. The van der Waals surface area contributed by atoms with Crippen molar-refractivity contribution < 1.29 is 19.4 Å². The number of thioether (sulfide) groups is 1. The van der Waals surface area contributed by atoms with E-state index in [0.717, 1.165) is 11.8 Å². The monoisotopic (exact) mass is 310 g/mol. The van der Waals surface area contributed by atoms with Crippen molar-refractivity contribution in [1.29, 1.82) is 0 Å². The molecule has 0 bridgehead atoms. The molecule has 112 valence electrons. The van der Waals surface area contributed by atoms with Gasteiger partial charge in [-0.2, -0.15) is 4.98 Å². The molecular formula is C12H14N4O4S. The first-order valence-electron chi connectivity index (χ1n) is 6.01. The maximum absolute atomic E-state index is 11.5. The highest BCUT2D eigenvalue weighted by Gasteiger charge is 2.22. The summed E-state index contributed by atoms with van der Waals surface area (Å²) in [7, 11) is 1.48. The molecule has 0 aliphatic carbocycles. The summed E-state index contributed by atoms with van der Waals surface area (Å²) in [6.45, 7) is 1.61. The number of nitrogens with two attached hydrogens (primary N) is 1. The second-order valence-electron chi connectivity index (χ2n) is 4.22. The summed E-state index contributed by atoms with van der Waals surface area (Å²) in [5.41, 5.74) is 6.30. The Morgan fingerprint density at radius 1 is 1.48 bits per heavy atom. The molecule has 1 amide bonds. The number of pyridine rings is 1. The first-order chi connectivity index (χ1) is 9.93. The number of rotatable bonds is 6. The van der Waals surface area contributed by atoms with Crippen LogP contribution in [0.4, 0.5) is 0 Å². The number of carboxylic acid groups (broad SMARTS) is 1. The number of primary amides is 1. The van der Waals surface area contributed by atoms with Gasteiger partial charge in [0.2, 0.25) is 11.8 Å². The highest BCUT2D eigenvalue weighted by atomic mass is 32.2. The van der Waals surface area contributed by atoms with E-state index >= 15 is 0 Å². The number of hydrogen-bond acceptors (Lipinski definition) is 6. The Balaban J connectivity index is 2.57. The van der Waals surface area contributed by atoms with Gasteiger partial charge in [0.25, 0.3) is 0 Å². The maximum atomic E-state index is 11.5. The van der Waals surface area contributed by atoms with Gasteiger partial charge in [0.15, 0.2) is 10.8 Å². The lowest BCUT2D eigenvalue weighted by Crippen LogP contribution is -2.24. The van der Waals surface area contributed by atoms with E-state index in [1.165, 1.54) is 11.7 Å². The predicted molar refractivity (Wildman–Crippen MR) is 76.3 cm³/mol. The zero-order valence-electron chi connectivity index (χ0n) is 11.4. The smallest absolute Gasteiger partial charge is 0.313 e. The SMILES string of the molecule is COc1ccc2nc(SCC(=O)O)n(C(C)C(N)=O)c2n1. The fourth-order valence-electron chi connectivity index (χ4n) is 1.75. The number of methoxy groups -OCH3 is 1. The Morgan fingerprint density at radius 2 is 2.19 bits per heavy atom. The summed E-state index contributed by atoms with van der Waals surface area (Å²) in [6, 6.07) is 2.63. The van der Waals surface area contributed by atoms with Crippen LogP contribution in [0.1, 0.15) is 13.0 Å².